The number of nitrogens with one attached hydrogen (secondary N) is 2. The van der Waals surface area contributed by atoms with E-state index in [0.717, 1.165) is 0 Å². The van der Waals surface area contributed by atoms with Crippen molar-refractivity contribution in [2.75, 3.05) is 5.32 Å². The van der Waals surface area contributed by atoms with Gasteiger partial charge in [-0.25, -0.2) is 15.0 Å². The van der Waals surface area contributed by atoms with Crippen LogP contribution in [0.25, 0.3) is 22.3 Å². The molecule has 0 spiro atoms. The molecule has 1 aliphatic rings. The second-order valence-electron chi connectivity index (χ2n) is 7.77. The van der Waals surface area contributed by atoms with E-state index in [2.05, 4.69) is 25.3 Å². The molecule has 0 atom stereocenters. The van der Waals surface area contributed by atoms with Crippen LogP contribution in [0.4, 0.5) is 19.1 Å². The molecule has 32 heavy (non-hydrogen) atoms. The quantitative estimate of drug-likeness (QED) is 0.522. The number of halogens is 4. The molecule has 3 heterocycles. The summed E-state index contributed by atoms with van der Waals surface area (Å²) in [5, 5.41) is 13.6. The fraction of sp³-hybridized carbons (Fsp3) is 0.381. The van der Waals surface area contributed by atoms with Gasteiger partial charge >= 0.3 is 6.18 Å². The number of nitrogens with zero attached hydrogens (tertiary/aromatic N) is 4. The van der Waals surface area contributed by atoms with E-state index in [1.165, 1.54) is 12.4 Å². The number of carbonyl (C=O) groups excluding carboxylic acids is 1. The third kappa shape index (κ3) is 4.39. The van der Waals surface area contributed by atoms with Crippen LogP contribution in [0, 0.1) is 11.3 Å². The molecule has 1 fully saturated rings. The van der Waals surface area contributed by atoms with Gasteiger partial charge < -0.3 is 10.3 Å². The number of pyridine rings is 1. The summed E-state index contributed by atoms with van der Waals surface area (Å²) in [6, 6.07) is 3.73. The molecule has 2 N–H and O–H groups in total. The van der Waals surface area contributed by atoms with Crippen LogP contribution in [0.1, 0.15) is 44.1 Å². The van der Waals surface area contributed by atoms with E-state index in [-0.39, 0.29) is 11.5 Å². The van der Waals surface area contributed by atoms with E-state index >= 15 is 0 Å². The van der Waals surface area contributed by atoms with Crippen molar-refractivity contribution in [1.29, 1.82) is 5.26 Å². The van der Waals surface area contributed by atoms with Crippen molar-refractivity contribution >= 4 is 34.4 Å². The number of Topliss-reactive ketones (excluding diaryl/α,β-unsaturated/α-hetero) is 1. The Balaban J connectivity index is 1.69. The first-order valence-electron chi connectivity index (χ1n) is 9.99. The smallest absolute Gasteiger partial charge is 0.345 e. The highest BCUT2D eigenvalue weighted by Crippen LogP contribution is 2.37. The number of nitriles is 1. The van der Waals surface area contributed by atoms with Crippen LogP contribution in [0.3, 0.4) is 0 Å². The predicted molar refractivity (Wildman–Crippen MR) is 112 cm³/mol. The number of fused-ring (bicyclic) bond motifs is 1. The lowest BCUT2D eigenvalue weighted by atomic mass is 9.89. The van der Waals surface area contributed by atoms with E-state index in [1.807, 2.05) is 6.07 Å². The molecule has 0 aliphatic heterocycles. The number of carbonyl (C=O) groups is 1. The van der Waals surface area contributed by atoms with Gasteiger partial charge in [0.05, 0.1) is 34.4 Å². The normalized spacial score (nSPS) is 15.6. The van der Waals surface area contributed by atoms with Gasteiger partial charge in [-0.15, -0.1) is 0 Å². The van der Waals surface area contributed by atoms with E-state index in [4.69, 9.17) is 11.6 Å². The Kier molecular flexibility index (Phi) is 5.77. The summed E-state index contributed by atoms with van der Waals surface area (Å²) in [6.45, 7) is 0. The maximum atomic E-state index is 12.8. The Hall–Kier alpha value is -3.19. The van der Waals surface area contributed by atoms with E-state index in [0.29, 0.717) is 53.0 Å². The maximum absolute atomic E-state index is 12.8. The summed E-state index contributed by atoms with van der Waals surface area (Å²) in [7, 11) is 0. The highest BCUT2D eigenvalue weighted by atomic mass is 35.5. The SMILES string of the molecule is N#Cc1cnc(NC2(C(=O)CCC(F)(F)F)CCCC2)nc1-c1c[nH]c2ncc(Cl)cc12. The van der Waals surface area contributed by atoms with Crippen LogP contribution < -0.4 is 5.32 Å². The van der Waals surface area contributed by atoms with Gasteiger partial charge in [-0.1, -0.05) is 24.4 Å². The lowest BCUT2D eigenvalue weighted by Crippen LogP contribution is -2.44. The molecule has 0 bridgehead atoms. The lowest BCUT2D eigenvalue weighted by molar-refractivity contribution is -0.145. The first kappa shape index (κ1) is 22.0. The molecule has 11 heteroatoms. The molecular formula is C21H18ClF3N6O. The minimum Gasteiger partial charge on any atom is -0.345 e. The van der Waals surface area contributed by atoms with Crippen LogP contribution in [-0.4, -0.2) is 37.4 Å². The van der Waals surface area contributed by atoms with Crippen LogP contribution >= 0.6 is 11.6 Å². The third-order valence-electron chi connectivity index (χ3n) is 5.64. The topological polar surface area (TPSA) is 107 Å². The average Bonchev–Trinajstić information content (AvgIpc) is 3.39. The number of hydrogen-bond donors (Lipinski definition) is 2. The van der Waals surface area contributed by atoms with Crippen LogP contribution in [-0.2, 0) is 4.79 Å². The van der Waals surface area contributed by atoms with Crippen molar-refractivity contribution in [3.63, 3.8) is 0 Å². The van der Waals surface area contributed by atoms with Crippen molar-refractivity contribution in [2.45, 2.75) is 50.2 Å². The predicted octanol–water partition coefficient (Wildman–Crippen LogP) is 5.18. The summed E-state index contributed by atoms with van der Waals surface area (Å²) in [4.78, 5) is 28.6. The summed E-state index contributed by atoms with van der Waals surface area (Å²) in [5.41, 5.74) is 0.468. The van der Waals surface area contributed by atoms with Gasteiger partial charge in [0, 0.05) is 29.8 Å². The molecule has 3 aromatic heterocycles. The molecule has 1 saturated carbocycles. The second-order valence-corrected chi connectivity index (χ2v) is 8.21. The van der Waals surface area contributed by atoms with Crippen molar-refractivity contribution in [3.8, 4) is 17.3 Å². The number of hydrogen-bond acceptors (Lipinski definition) is 6. The first-order chi connectivity index (χ1) is 15.2. The number of alkyl halides is 3. The van der Waals surface area contributed by atoms with Crippen molar-refractivity contribution in [2.24, 2.45) is 0 Å². The fourth-order valence-corrected chi connectivity index (χ4v) is 4.22. The molecule has 7 nitrogen and oxygen atoms in total. The Bertz CT molecular complexity index is 1210. The molecule has 0 unspecified atom stereocenters. The molecule has 0 radical (unpaired) electrons. The van der Waals surface area contributed by atoms with Gasteiger partial charge in [-0.3, -0.25) is 4.79 Å². The fourth-order valence-electron chi connectivity index (χ4n) is 4.06. The Labute approximate surface area is 186 Å². The molecular weight excluding hydrogens is 445 g/mol. The van der Waals surface area contributed by atoms with Gasteiger partial charge in [0.15, 0.2) is 5.78 Å². The van der Waals surface area contributed by atoms with Crippen LogP contribution in [0.2, 0.25) is 5.02 Å². The summed E-state index contributed by atoms with van der Waals surface area (Å²) < 4.78 is 38.0. The van der Waals surface area contributed by atoms with Gasteiger partial charge in [0.2, 0.25) is 5.95 Å². The van der Waals surface area contributed by atoms with Gasteiger partial charge in [0.25, 0.3) is 0 Å². The number of H-pyrrole nitrogens is 1. The standard InChI is InChI=1S/C21H18ClF3N6O/c22-13-7-14-15(11-28-18(14)27-10-13)17-12(8-26)9-29-19(30-17)31-20(4-1-2-5-20)16(32)3-6-21(23,24)25/h7,9-11H,1-6H2,(H,27,28)(H,29,30,31). The number of rotatable bonds is 6. The van der Waals surface area contributed by atoms with Crippen molar-refractivity contribution in [1.82, 2.24) is 19.9 Å². The Morgan fingerprint density at radius 1 is 1.28 bits per heavy atom. The minimum absolute atomic E-state index is 0.0746. The van der Waals surface area contributed by atoms with E-state index < -0.39 is 30.3 Å². The number of ketones is 1. The Morgan fingerprint density at radius 3 is 2.72 bits per heavy atom. The molecule has 3 aromatic rings. The van der Waals surface area contributed by atoms with Gasteiger partial charge in [0.1, 0.15) is 11.7 Å². The van der Waals surface area contributed by atoms with Crippen molar-refractivity contribution < 1.29 is 18.0 Å². The monoisotopic (exact) mass is 462 g/mol. The first-order valence-corrected chi connectivity index (χ1v) is 10.4. The highest BCUT2D eigenvalue weighted by Gasteiger charge is 2.42. The maximum Gasteiger partial charge on any atom is 0.389 e. The zero-order chi connectivity index (χ0) is 22.9. The summed E-state index contributed by atoms with van der Waals surface area (Å²) in [5.74, 6) is -0.435. The summed E-state index contributed by atoms with van der Waals surface area (Å²) >= 11 is 6.06. The van der Waals surface area contributed by atoms with E-state index in [9.17, 15) is 23.2 Å². The summed E-state index contributed by atoms with van der Waals surface area (Å²) in [6.07, 6.45) is 0.483. The third-order valence-corrected chi connectivity index (χ3v) is 5.85. The van der Waals surface area contributed by atoms with Crippen molar-refractivity contribution in [3.05, 3.63) is 35.2 Å². The molecule has 0 aromatic carbocycles. The molecule has 0 amide bonds. The Morgan fingerprint density at radius 2 is 2.03 bits per heavy atom. The number of anilines is 1. The van der Waals surface area contributed by atoms with Crippen LogP contribution in [0.15, 0.2) is 24.7 Å². The number of aromatic nitrogens is 4. The number of aromatic amines is 1. The molecule has 0 saturated heterocycles. The average molecular weight is 463 g/mol. The zero-order valence-electron chi connectivity index (χ0n) is 16.8. The van der Waals surface area contributed by atoms with Gasteiger partial charge in [-0.2, -0.15) is 18.4 Å². The molecule has 166 valence electrons. The molecule has 4 rings (SSSR count). The highest BCUT2D eigenvalue weighted by molar-refractivity contribution is 6.31. The second kappa shape index (κ2) is 8.39. The lowest BCUT2D eigenvalue weighted by Gasteiger charge is -2.29. The van der Waals surface area contributed by atoms with E-state index in [1.54, 1.807) is 12.3 Å². The van der Waals surface area contributed by atoms with Crippen LogP contribution in [0.5, 0.6) is 0 Å². The molecule has 1 aliphatic carbocycles. The zero-order valence-corrected chi connectivity index (χ0v) is 17.5. The van der Waals surface area contributed by atoms with Gasteiger partial charge in [-0.05, 0) is 18.9 Å². The minimum atomic E-state index is -4.40. The largest absolute Gasteiger partial charge is 0.389 e.